The maximum atomic E-state index is 16.4. The maximum absolute atomic E-state index is 16.4. The molecule has 2 aromatic carbocycles. The van der Waals surface area contributed by atoms with Gasteiger partial charge in [0.2, 0.25) is 0 Å². The lowest BCUT2D eigenvalue weighted by Gasteiger charge is -2.35. The number of alkyl halides is 1. The van der Waals surface area contributed by atoms with Crippen LogP contribution >= 0.6 is 38.9 Å². The van der Waals surface area contributed by atoms with Gasteiger partial charge in [0.15, 0.2) is 9.84 Å². The molecule has 0 unspecified atom stereocenters. The standard InChI is InChI=1S/C25H19BrClFN4O3S2/c26-20-6-5-17(12-21(20)27)23(33)32-9-10-37(34,35)25(28,14-32)24-30-13-18(36-24)11-16-3-1-2-4-19(16)22-7-8-29-15-31-22/h1-8,12-13,15H,9-11,14H2/t25-/m1/s1. The highest BCUT2D eigenvalue weighted by Gasteiger charge is 2.53. The van der Waals surface area contributed by atoms with Crippen LogP contribution < -0.4 is 0 Å². The van der Waals surface area contributed by atoms with Gasteiger partial charge in [-0.05, 0) is 45.8 Å². The van der Waals surface area contributed by atoms with Crippen LogP contribution in [0.25, 0.3) is 11.3 Å². The Hall–Kier alpha value is -2.73. The molecule has 0 bridgehead atoms. The summed E-state index contributed by atoms with van der Waals surface area (Å²) in [7, 11) is -4.21. The Morgan fingerprint density at radius 3 is 2.76 bits per heavy atom. The number of nitrogens with zero attached hydrogens (tertiary/aromatic N) is 4. The Labute approximate surface area is 230 Å². The fourth-order valence-corrected chi connectivity index (χ4v) is 7.42. The maximum Gasteiger partial charge on any atom is 0.278 e. The van der Waals surface area contributed by atoms with E-state index in [9.17, 15) is 13.2 Å². The number of benzene rings is 2. The third-order valence-electron chi connectivity index (χ3n) is 6.08. The van der Waals surface area contributed by atoms with Gasteiger partial charge < -0.3 is 4.90 Å². The van der Waals surface area contributed by atoms with Crippen molar-refractivity contribution in [1.29, 1.82) is 0 Å². The molecule has 1 amide bonds. The van der Waals surface area contributed by atoms with Crippen LogP contribution in [0.3, 0.4) is 0 Å². The number of sulfone groups is 1. The van der Waals surface area contributed by atoms with Crippen molar-refractivity contribution >= 4 is 54.6 Å². The molecule has 0 N–H and O–H groups in total. The molecule has 1 fully saturated rings. The van der Waals surface area contributed by atoms with Crippen molar-refractivity contribution in [2.45, 2.75) is 11.4 Å². The van der Waals surface area contributed by atoms with E-state index in [2.05, 4.69) is 30.9 Å². The number of hydrogen-bond acceptors (Lipinski definition) is 7. The second-order valence-electron chi connectivity index (χ2n) is 8.46. The van der Waals surface area contributed by atoms with Gasteiger partial charge in [-0.1, -0.05) is 35.9 Å². The fourth-order valence-electron chi connectivity index (χ4n) is 4.12. The highest BCUT2D eigenvalue weighted by Crippen LogP contribution is 2.40. The van der Waals surface area contributed by atoms with E-state index in [-0.39, 0.29) is 17.1 Å². The molecule has 1 saturated heterocycles. The SMILES string of the molecule is O=C(c1ccc(Br)c(Cl)c1)N1CCS(=O)(=O)[C@@](F)(c2ncc(Cc3ccccc3-c3ccncn3)s2)C1. The molecule has 4 aromatic rings. The summed E-state index contributed by atoms with van der Waals surface area (Å²) in [5, 5.41) is -2.67. The molecule has 1 atom stereocenters. The number of carbonyl (C=O) groups excluding carboxylic acids is 1. The first-order valence-corrected chi connectivity index (χ1v) is 14.8. The second-order valence-corrected chi connectivity index (χ2v) is 13.1. The Bertz CT molecular complexity index is 1590. The first-order valence-electron chi connectivity index (χ1n) is 11.1. The second kappa shape index (κ2) is 10.2. The van der Waals surface area contributed by atoms with Gasteiger partial charge in [0.25, 0.3) is 10.9 Å². The van der Waals surface area contributed by atoms with Crippen molar-refractivity contribution in [3.63, 3.8) is 0 Å². The number of thiazole rings is 1. The van der Waals surface area contributed by atoms with Gasteiger partial charge in [-0.3, -0.25) is 4.79 Å². The normalized spacial score (nSPS) is 19.1. The molecule has 190 valence electrons. The molecule has 37 heavy (non-hydrogen) atoms. The Balaban J connectivity index is 1.42. The van der Waals surface area contributed by atoms with Gasteiger partial charge in [-0.2, -0.15) is 0 Å². The highest BCUT2D eigenvalue weighted by atomic mass is 79.9. The molecule has 3 heterocycles. The van der Waals surface area contributed by atoms with Crippen LogP contribution in [0.15, 0.2) is 71.7 Å². The van der Waals surface area contributed by atoms with E-state index in [1.807, 2.05) is 24.3 Å². The lowest BCUT2D eigenvalue weighted by atomic mass is 10.0. The van der Waals surface area contributed by atoms with Crippen LogP contribution in [0.1, 0.15) is 25.8 Å². The predicted molar refractivity (Wildman–Crippen MR) is 144 cm³/mol. The van der Waals surface area contributed by atoms with E-state index in [1.54, 1.807) is 24.4 Å². The molecular weight excluding hydrogens is 603 g/mol. The summed E-state index contributed by atoms with van der Waals surface area (Å²) in [6, 6.07) is 14.1. The Kier molecular flexibility index (Phi) is 7.14. The van der Waals surface area contributed by atoms with Crippen LogP contribution in [0.2, 0.25) is 5.02 Å². The Morgan fingerprint density at radius 2 is 2.00 bits per heavy atom. The third-order valence-corrected chi connectivity index (χ3v) is 10.6. The first kappa shape index (κ1) is 25.9. The molecule has 1 aliphatic heterocycles. The van der Waals surface area contributed by atoms with Crippen LogP contribution in [0.5, 0.6) is 0 Å². The van der Waals surface area contributed by atoms with Crippen molar-refractivity contribution in [2.75, 3.05) is 18.8 Å². The zero-order valence-corrected chi connectivity index (χ0v) is 23.1. The summed E-state index contributed by atoms with van der Waals surface area (Å²) >= 11 is 10.4. The van der Waals surface area contributed by atoms with Crippen LogP contribution in [-0.4, -0.2) is 53.0 Å². The van der Waals surface area contributed by atoms with Crippen molar-refractivity contribution in [3.8, 4) is 11.3 Å². The monoisotopic (exact) mass is 620 g/mol. The van der Waals surface area contributed by atoms with Crippen LogP contribution in [-0.2, 0) is 21.3 Å². The number of aromatic nitrogens is 3. The van der Waals surface area contributed by atoms with E-state index in [4.69, 9.17) is 11.6 Å². The summed E-state index contributed by atoms with van der Waals surface area (Å²) in [6.07, 6.45) is 5.02. The summed E-state index contributed by atoms with van der Waals surface area (Å²) in [5.74, 6) is -1.01. The minimum Gasteiger partial charge on any atom is -0.333 e. The van der Waals surface area contributed by atoms with Crippen LogP contribution in [0, 0.1) is 0 Å². The van der Waals surface area contributed by atoms with Crippen molar-refractivity contribution in [3.05, 3.63) is 97.8 Å². The molecule has 0 saturated carbocycles. The fraction of sp³-hybridized carbons (Fsp3) is 0.200. The molecule has 1 aliphatic rings. The smallest absolute Gasteiger partial charge is 0.278 e. The lowest BCUT2D eigenvalue weighted by Crippen LogP contribution is -2.53. The van der Waals surface area contributed by atoms with E-state index in [0.717, 1.165) is 28.2 Å². The number of carbonyl (C=O) groups is 1. The van der Waals surface area contributed by atoms with E-state index in [1.165, 1.54) is 23.5 Å². The number of hydrogen-bond donors (Lipinski definition) is 0. The number of halogens is 3. The summed E-state index contributed by atoms with van der Waals surface area (Å²) < 4.78 is 42.8. The Morgan fingerprint density at radius 1 is 1.19 bits per heavy atom. The summed E-state index contributed by atoms with van der Waals surface area (Å²) in [6.45, 7) is -0.766. The quantitative estimate of drug-likeness (QED) is 0.300. The molecule has 2 aromatic heterocycles. The molecule has 12 heteroatoms. The lowest BCUT2D eigenvalue weighted by molar-refractivity contribution is 0.0666. The number of amides is 1. The van der Waals surface area contributed by atoms with Gasteiger partial charge in [0.05, 0.1) is 23.0 Å². The van der Waals surface area contributed by atoms with E-state index >= 15 is 4.39 Å². The van der Waals surface area contributed by atoms with Crippen molar-refractivity contribution in [1.82, 2.24) is 19.9 Å². The summed E-state index contributed by atoms with van der Waals surface area (Å²) in [5.41, 5.74) is 2.81. The molecule has 7 nitrogen and oxygen atoms in total. The van der Waals surface area contributed by atoms with Gasteiger partial charge in [-0.15, -0.1) is 11.3 Å². The van der Waals surface area contributed by atoms with E-state index in [0.29, 0.717) is 20.8 Å². The largest absolute Gasteiger partial charge is 0.333 e. The van der Waals surface area contributed by atoms with Crippen molar-refractivity contribution in [2.24, 2.45) is 0 Å². The highest BCUT2D eigenvalue weighted by molar-refractivity contribution is 9.10. The van der Waals surface area contributed by atoms with Crippen LogP contribution in [0.4, 0.5) is 4.39 Å². The summed E-state index contributed by atoms with van der Waals surface area (Å²) in [4.78, 5) is 27.4. The van der Waals surface area contributed by atoms with E-state index < -0.39 is 33.0 Å². The van der Waals surface area contributed by atoms with Gasteiger partial charge in [-0.25, -0.2) is 27.8 Å². The average molecular weight is 622 g/mol. The first-order chi connectivity index (χ1) is 17.7. The minimum absolute atomic E-state index is 0.120. The topological polar surface area (TPSA) is 93.1 Å². The van der Waals surface area contributed by atoms with Gasteiger partial charge in [0.1, 0.15) is 11.3 Å². The van der Waals surface area contributed by atoms with Gasteiger partial charge in [0, 0.05) is 45.8 Å². The van der Waals surface area contributed by atoms with Gasteiger partial charge >= 0.3 is 0 Å². The molecule has 0 spiro atoms. The zero-order chi connectivity index (χ0) is 26.2. The average Bonchev–Trinajstić information content (AvgIpc) is 3.37. The molecule has 0 aliphatic carbocycles. The minimum atomic E-state index is -4.21. The molecular formula is C25H19BrClFN4O3S2. The third kappa shape index (κ3) is 5.05. The predicted octanol–water partition coefficient (Wildman–Crippen LogP) is 5.30. The van der Waals surface area contributed by atoms with Crippen molar-refractivity contribution < 1.29 is 17.6 Å². The molecule has 5 rings (SSSR count). The number of rotatable bonds is 5. The zero-order valence-electron chi connectivity index (χ0n) is 19.1. The molecule has 0 radical (unpaired) electrons.